The van der Waals surface area contributed by atoms with Gasteiger partial charge < -0.3 is 9.64 Å². The molecule has 3 heterocycles. The first-order chi connectivity index (χ1) is 13.7. The minimum absolute atomic E-state index is 0.102. The molecule has 0 saturated carbocycles. The minimum atomic E-state index is -0.660. The van der Waals surface area contributed by atoms with Gasteiger partial charge in [0, 0.05) is 35.8 Å². The first kappa shape index (κ1) is 20.3. The Kier molecular flexibility index (Phi) is 5.55. The molecule has 0 radical (unpaired) electrons. The second-order valence-electron chi connectivity index (χ2n) is 7.87. The Hall–Kier alpha value is -3.40. The van der Waals surface area contributed by atoms with Gasteiger partial charge >= 0.3 is 11.8 Å². The lowest BCUT2D eigenvalue weighted by molar-refractivity contribution is 0.0227. The SMILES string of the molecule is Cc1cn([C@H]2C[C@H](CN=[N+]=[N-])N(C(=O)OC(C)(C)C)C2)c(=O)nc1-n1cncn1. The van der Waals surface area contributed by atoms with E-state index < -0.39 is 17.4 Å². The summed E-state index contributed by atoms with van der Waals surface area (Å²) in [4.78, 5) is 37.6. The highest BCUT2D eigenvalue weighted by Gasteiger charge is 2.38. The van der Waals surface area contributed by atoms with Gasteiger partial charge in [-0.1, -0.05) is 5.11 Å². The predicted molar refractivity (Wildman–Crippen MR) is 103 cm³/mol. The fourth-order valence-corrected chi connectivity index (χ4v) is 3.31. The third-order valence-electron chi connectivity index (χ3n) is 4.51. The summed E-state index contributed by atoms with van der Waals surface area (Å²) >= 11 is 0. The molecule has 2 aromatic heterocycles. The van der Waals surface area contributed by atoms with Gasteiger partial charge in [-0.2, -0.15) is 10.1 Å². The number of carbonyl (C=O) groups excluding carboxylic acids is 1. The molecule has 12 nitrogen and oxygen atoms in total. The smallest absolute Gasteiger partial charge is 0.410 e. The van der Waals surface area contributed by atoms with Crippen LogP contribution in [0.3, 0.4) is 0 Å². The number of amides is 1. The molecule has 1 aliphatic rings. The maximum Gasteiger partial charge on any atom is 0.410 e. The number of hydrogen-bond acceptors (Lipinski definition) is 7. The van der Waals surface area contributed by atoms with Crippen LogP contribution in [0.25, 0.3) is 16.3 Å². The Balaban J connectivity index is 1.89. The number of azide groups is 1. The number of rotatable bonds is 4. The van der Waals surface area contributed by atoms with Gasteiger partial charge in [-0.3, -0.25) is 4.57 Å². The molecule has 12 heteroatoms. The number of aromatic nitrogens is 5. The molecule has 1 saturated heterocycles. The van der Waals surface area contributed by atoms with Crippen LogP contribution in [-0.4, -0.2) is 60.0 Å². The van der Waals surface area contributed by atoms with E-state index in [-0.39, 0.29) is 25.2 Å². The Morgan fingerprint density at radius 2 is 2.21 bits per heavy atom. The average molecular weight is 401 g/mol. The van der Waals surface area contributed by atoms with E-state index in [1.165, 1.54) is 26.8 Å². The van der Waals surface area contributed by atoms with Gasteiger partial charge in [-0.05, 0) is 39.6 Å². The average Bonchev–Trinajstić information content (AvgIpc) is 3.29. The lowest BCUT2D eigenvalue weighted by Crippen LogP contribution is -2.41. The lowest BCUT2D eigenvalue weighted by Gasteiger charge is -2.27. The van der Waals surface area contributed by atoms with Crippen LogP contribution in [0.2, 0.25) is 0 Å². The van der Waals surface area contributed by atoms with Crippen molar-refractivity contribution in [3.05, 3.63) is 45.3 Å². The van der Waals surface area contributed by atoms with Crippen LogP contribution in [0.5, 0.6) is 0 Å². The molecule has 2 aromatic rings. The zero-order chi connectivity index (χ0) is 21.2. The summed E-state index contributed by atoms with van der Waals surface area (Å²) in [6.07, 6.45) is 4.47. The van der Waals surface area contributed by atoms with Gasteiger partial charge in [-0.15, -0.1) is 0 Å². The normalized spacial score (nSPS) is 19.1. The van der Waals surface area contributed by atoms with Crippen molar-refractivity contribution in [2.24, 2.45) is 5.11 Å². The molecule has 3 rings (SSSR count). The van der Waals surface area contributed by atoms with Gasteiger partial charge in [0.2, 0.25) is 0 Å². The first-order valence-electron chi connectivity index (χ1n) is 9.15. The van der Waals surface area contributed by atoms with E-state index in [0.29, 0.717) is 12.2 Å². The molecule has 0 unspecified atom stereocenters. The summed E-state index contributed by atoms with van der Waals surface area (Å²) in [6, 6.07) is -0.683. The van der Waals surface area contributed by atoms with Crippen LogP contribution < -0.4 is 5.69 Å². The van der Waals surface area contributed by atoms with Gasteiger partial charge in [-0.25, -0.2) is 19.3 Å². The van der Waals surface area contributed by atoms with Gasteiger partial charge in [0.05, 0.1) is 6.04 Å². The number of likely N-dealkylation sites (tertiary alicyclic amines) is 1. The zero-order valence-electron chi connectivity index (χ0n) is 16.8. The molecule has 154 valence electrons. The maximum atomic E-state index is 12.7. The Morgan fingerprint density at radius 3 is 2.83 bits per heavy atom. The molecule has 0 aromatic carbocycles. The molecule has 0 bridgehead atoms. The molecule has 1 fully saturated rings. The highest BCUT2D eigenvalue weighted by atomic mass is 16.6. The summed E-state index contributed by atoms with van der Waals surface area (Å²) in [6.45, 7) is 7.51. The van der Waals surface area contributed by atoms with E-state index in [4.69, 9.17) is 10.3 Å². The van der Waals surface area contributed by atoms with E-state index in [1.54, 1.807) is 27.0 Å². The topological polar surface area (TPSA) is 144 Å². The van der Waals surface area contributed by atoms with E-state index in [2.05, 4.69) is 25.1 Å². The zero-order valence-corrected chi connectivity index (χ0v) is 16.8. The van der Waals surface area contributed by atoms with Crippen LogP contribution in [-0.2, 0) is 4.74 Å². The Bertz CT molecular complexity index is 987. The van der Waals surface area contributed by atoms with E-state index in [9.17, 15) is 9.59 Å². The van der Waals surface area contributed by atoms with Crippen molar-refractivity contribution in [1.29, 1.82) is 0 Å². The van der Waals surface area contributed by atoms with E-state index in [1.807, 2.05) is 6.92 Å². The fraction of sp³-hybridized carbons (Fsp3) is 0.588. The molecule has 1 amide bonds. The summed E-state index contributed by atoms with van der Waals surface area (Å²) in [7, 11) is 0. The summed E-state index contributed by atoms with van der Waals surface area (Å²) in [5.74, 6) is 0.399. The molecular formula is C17H23N9O3. The summed E-state index contributed by atoms with van der Waals surface area (Å²) in [5.41, 5.74) is 8.28. The largest absolute Gasteiger partial charge is 0.444 e. The molecule has 0 N–H and O–H groups in total. The molecule has 1 aliphatic heterocycles. The third-order valence-corrected chi connectivity index (χ3v) is 4.51. The standard InChI is InChI=1S/C17H23N9O3/c1-11-7-24(15(27)22-14(11)26-10-19-9-21-26)13-5-12(6-20-23-18)25(8-13)16(28)29-17(2,3)4/h7,9-10,12-13H,5-6,8H2,1-4H3/t12-,13+/m1/s1. The maximum absolute atomic E-state index is 12.7. The van der Waals surface area contributed by atoms with Crippen LogP contribution in [0.4, 0.5) is 4.79 Å². The van der Waals surface area contributed by atoms with Gasteiger partial charge in [0.25, 0.3) is 0 Å². The van der Waals surface area contributed by atoms with Gasteiger partial charge in [0.1, 0.15) is 18.3 Å². The second kappa shape index (κ2) is 7.92. The van der Waals surface area contributed by atoms with Crippen molar-refractivity contribution in [3.63, 3.8) is 0 Å². The van der Waals surface area contributed by atoms with E-state index >= 15 is 0 Å². The minimum Gasteiger partial charge on any atom is -0.444 e. The van der Waals surface area contributed by atoms with Crippen molar-refractivity contribution in [2.45, 2.75) is 51.8 Å². The van der Waals surface area contributed by atoms with Crippen molar-refractivity contribution < 1.29 is 9.53 Å². The third kappa shape index (κ3) is 4.54. The van der Waals surface area contributed by atoms with Crippen LogP contribution in [0.15, 0.2) is 28.8 Å². The lowest BCUT2D eigenvalue weighted by atomic mass is 10.1. The molecule has 0 spiro atoms. The highest BCUT2D eigenvalue weighted by Crippen LogP contribution is 2.29. The van der Waals surface area contributed by atoms with Crippen LogP contribution in [0, 0.1) is 6.92 Å². The number of nitrogens with zero attached hydrogens (tertiary/aromatic N) is 9. The second-order valence-corrected chi connectivity index (χ2v) is 7.87. The predicted octanol–water partition coefficient (Wildman–Crippen LogP) is 1.99. The highest BCUT2D eigenvalue weighted by molar-refractivity contribution is 5.69. The number of carbonyl (C=O) groups is 1. The summed E-state index contributed by atoms with van der Waals surface area (Å²) < 4.78 is 8.40. The first-order valence-corrected chi connectivity index (χ1v) is 9.15. The number of ether oxygens (including phenoxy) is 1. The molecule has 29 heavy (non-hydrogen) atoms. The summed E-state index contributed by atoms with van der Waals surface area (Å²) in [5, 5.41) is 7.62. The molecule has 0 aliphatic carbocycles. The van der Waals surface area contributed by atoms with E-state index in [0.717, 1.165) is 5.56 Å². The fourth-order valence-electron chi connectivity index (χ4n) is 3.31. The Labute approximate surface area is 166 Å². The van der Waals surface area contributed by atoms with Crippen molar-refractivity contribution >= 4 is 6.09 Å². The van der Waals surface area contributed by atoms with Crippen molar-refractivity contribution in [1.82, 2.24) is 29.2 Å². The molecule has 2 atom stereocenters. The Morgan fingerprint density at radius 1 is 1.45 bits per heavy atom. The van der Waals surface area contributed by atoms with Crippen LogP contribution in [0.1, 0.15) is 38.8 Å². The van der Waals surface area contributed by atoms with Crippen LogP contribution >= 0.6 is 0 Å². The number of hydrogen-bond donors (Lipinski definition) is 0. The monoisotopic (exact) mass is 401 g/mol. The molecular weight excluding hydrogens is 378 g/mol. The number of aryl methyl sites for hydroxylation is 1. The quantitative estimate of drug-likeness (QED) is 0.435. The van der Waals surface area contributed by atoms with Crippen molar-refractivity contribution in [2.75, 3.05) is 13.1 Å². The van der Waals surface area contributed by atoms with Crippen molar-refractivity contribution in [3.8, 4) is 5.82 Å². The van der Waals surface area contributed by atoms with Gasteiger partial charge in [0.15, 0.2) is 5.82 Å².